The molecule has 420 valence electrons. The van der Waals surface area contributed by atoms with Crippen LogP contribution in [-0.4, -0.2) is 110 Å². The van der Waals surface area contributed by atoms with Gasteiger partial charge in [-0.1, -0.05) is 214 Å². The molecule has 2 fully saturated rings. The van der Waals surface area contributed by atoms with Crippen LogP contribution in [0, 0.1) is 0 Å². The number of carbonyl (C=O) groups excluding carboxylic acids is 6. The standard InChI is InChI=1S/C44H42N2O10S2.C20H14Br2O2/c47-41(27-55-43(49)39-17-9-25-45(39)57(51,52)29-31-11-3-1-4-12-31)34-21-19-33(20-22-34)35-23-24-38(37-16-8-7-15-36(35)37)42(48)28-56-44(50)40-18-10-26-46(40)58(53,54)30-32-13-5-2-6-14-32;21-11-19(23)14-7-5-13(6-8-14)15-9-10-18(20(24)12-22)17-4-2-1-3-16(15)17/h1-8,11-16,19-24,39-40H,9-10,17-18,25-30H2;1-10H,11-12H2/t39-,40-;/m0./s1. The Morgan fingerprint density at radius 3 is 1.20 bits per heavy atom. The van der Waals surface area contributed by atoms with Gasteiger partial charge in [-0.25, -0.2) is 16.8 Å². The number of nitrogens with zero attached hydrogens (tertiary/aromatic N) is 2. The zero-order valence-corrected chi connectivity index (χ0v) is 49.1. The molecule has 2 saturated heterocycles. The van der Waals surface area contributed by atoms with Crippen molar-refractivity contribution in [3.63, 3.8) is 0 Å². The Morgan fingerprint density at radius 1 is 0.415 bits per heavy atom. The molecule has 14 nitrogen and oxygen atoms in total. The summed E-state index contributed by atoms with van der Waals surface area (Å²) >= 11 is 6.43. The average Bonchev–Trinajstić information content (AvgIpc) is 4.35. The number of hydrogen-bond acceptors (Lipinski definition) is 12. The van der Waals surface area contributed by atoms with Gasteiger partial charge < -0.3 is 9.47 Å². The fourth-order valence-electron chi connectivity index (χ4n) is 10.4. The van der Waals surface area contributed by atoms with E-state index in [2.05, 4.69) is 31.9 Å². The third-order valence-electron chi connectivity index (χ3n) is 14.5. The van der Waals surface area contributed by atoms with Crippen molar-refractivity contribution in [2.75, 3.05) is 37.0 Å². The van der Waals surface area contributed by atoms with Crippen molar-refractivity contribution in [3.8, 4) is 22.3 Å². The van der Waals surface area contributed by atoms with E-state index >= 15 is 0 Å². The predicted octanol–water partition coefficient (Wildman–Crippen LogP) is 11.6. The molecule has 8 aromatic rings. The van der Waals surface area contributed by atoms with E-state index in [1.165, 1.54) is 8.61 Å². The zero-order valence-electron chi connectivity index (χ0n) is 44.3. The fourth-order valence-corrected chi connectivity index (χ4v) is 14.5. The van der Waals surface area contributed by atoms with E-state index in [0.717, 1.165) is 44.0 Å². The molecule has 0 amide bonds. The molecule has 0 bridgehead atoms. The van der Waals surface area contributed by atoms with Gasteiger partial charge in [0, 0.05) is 35.3 Å². The van der Waals surface area contributed by atoms with E-state index in [4.69, 9.17) is 9.47 Å². The Morgan fingerprint density at radius 2 is 0.780 bits per heavy atom. The first-order chi connectivity index (χ1) is 39.6. The van der Waals surface area contributed by atoms with E-state index in [9.17, 15) is 45.6 Å². The summed E-state index contributed by atoms with van der Waals surface area (Å²) in [5, 5.41) is 3.96. The van der Waals surface area contributed by atoms with Gasteiger partial charge in [0.1, 0.15) is 12.1 Å². The molecule has 0 radical (unpaired) electrons. The van der Waals surface area contributed by atoms with Gasteiger partial charge in [0.15, 0.2) is 30.6 Å². The van der Waals surface area contributed by atoms with E-state index in [1.807, 2.05) is 72.8 Å². The number of Topliss-reactive ketones (excluding diaryl/α,β-unsaturated/α-hetero) is 4. The molecule has 18 heteroatoms. The topological polar surface area (TPSA) is 196 Å². The number of esters is 2. The first-order valence-corrected chi connectivity index (χ1v) is 31.9. The molecule has 0 N–H and O–H groups in total. The number of hydrogen-bond donors (Lipinski definition) is 0. The molecule has 2 aliphatic rings. The molecule has 82 heavy (non-hydrogen) atoms. The number of carbonyl (C=O) groups is 6. The summed E-state index contributed by atoms with van der Waals surface area (Å²) in [5.74, 6) is -2.78. The second-order valence-electron chi connectivity index (χ2n) is 19.8. The lowest BCUT2D eigenvalue weighted by Crippen LogP contribution is -2.42. The van der Waals surface area contributed by atoms with Crippen molar-refractivity contribution in [2.45, 2.75) is 49.3 Å². The van der Waals surface area contributed by atoms with Crippen LogP contribution in [-0.2, 0) is 50.6 Å². The molecule has 0 aliphatic carbocycles. The minimum absolute atomic E-state index is 0.0599. The number of fused-ring (bicyclic) bond motifs is 2. The van der Waals surface area contributed by atoms with E-state index in [0.29, 0.717) is 69.5 Å². The average molecular weight is 1270 g/mol. The van der Waals surface area contributed by atoms with E-state index in [1.54, 1.807) is 109 Å². The molecular weight excluding hydrogens is 1210 g/mol. The second-order valence-corrected chi connectivity index (χ2v) is 24.7. The van der Waals surface area contributed by atoms with Crippen LogP contribution >= 0.6 is 31.9 Å². The van der Waals surface area contributed by atoms with Crippen molar-refractivity contribution < 1.29 is 55.1 Å². The lowest BCUT2D eigenvalue weighted by Gasteiger charge is -2.22. The van der Waals surface area contributed by atoms with E-state index in [-0.39, 0.29) is 36.2 Å². The molecule has 2 aliphatic heterocycles. The highest BCUT2D eigenvalue weighted by molar-refractivity contribution is 9.09. The van der Waals surface area contributed by atoms with Crippen LogP contribution in [0.5, 0.6) is 0 Å². The Hall–Kier alpha value is -7.32. The summed E-state index contributed by atoms with van der Waals surface area (Å²) < 4.78 is 65.8. The molecule has 2 heterocycles. The number of rotatable bonds is 20. The Kier molecular flexibility index (Phi) is 19.3. The van der Waals surface area contributed by atoms with Gasteiger partial charge in [0.2, 0.25) is 25.8 Å². The number of alkyl halides is 2. The predicted molar refractivity (Wildman–Crippen MR) is 323 cm³/mol. The Bertz CT molecular complexity index is 3920. The summed E-state index contributed by atoms with van der Waals surface area (Å²) in [5.41, 5.74) is 6.85. The SMILES string of the molecule is O=C(CBr)c1ccc(-c2ccc(C(=O)CBr)c3ccccc23)cc1.O=C(COC(=O)[C@@H]1CCCN1S(=O)(=O)Cc1ccccc1)c1ccc(-c2ccc(C(=O)COC(=O)[C@@H]3CCCN3S(=O)(=O)Cc3ccccc3)c3ccccc23)cc1. The third-order valence-corrected chi connectivity index (χ3v) is 19.2. The highest BCUT2D eigenvalue weighted by Gasteiger charge is 2.41. The monoisotopic (exact) mass is 1270 g/mol. The van der Waals surface area contributed by atoms with Crippen molar-refractivity contribution >= 4 is 109 Å². The van der Waals surface area contributed by atoms with Crippen LogP contribution in [0.4, 0.5) is 0 Å². The van der Waals surface area contributed by atoms with Crippen LogP contribution in [0.2, 0.25) is 0 Å². The van der Waals surface area contributed by atoms with Crippen molar-refractivity contribution in [2.24, 2.45) is 0 Å². The van der Waals surface area contributed by atoms with Crippen molar-refractivity contribution in [1.29, 1.82) is 0 Å². The highest BCUT2D eigenvalue weighted by Crippen LogP contribution is 2.34. The van der Waals surface area contributed by atoms with Crippen LogP contribution < -0.4 is 0 Å². The summed E-state index contributed by atoms with van der Waals surface area (Å²) in [4.78, 5) is 76.6. The maximum atomic E-state index is 13.5. The van der Waals surface area contributed by atoms with E-state index < -0.39 is 68.8 Å². The van der Waals surface area contributed by atoms with Gasteiger partial charge in [0.05, 0.1) is 22.2 Å². The molecule has 8 aromatic carbocycles. The third kappa shape index (κ3) is 13.8. The summed E-state index contributed by atoms with van der Waals surface area (Å²) in [7, 11) is -7.59. The van der Waals surface area contributed by atoms with Crippen LogP contribution in [0.1, 0.15) is 78.2 Å². The van der Waals surface area contributed by atoms with Gasteiger partial charge in [-0.2, -0.15) is 8.61 Å². The zero-order chi connectivity index (χ0) is 58.0. The van der Waals surface area contributed by atoms with Gasteiger partial charge in [0.25, 0.3) is 0 Å². The van der Waals surface area contributed by atoms with Crippen LogP contribution in [0.25, 0.3) is 43.8 Å². The van der Waals surface area contributed by atoms with Gasteiger partial charge >= 0.3 is 11.9 Å². The second kappa shape index (κ2) is 26.7. The molecule has 10 rings (SSSR count). The first kappa shape index (κ1) is 59.3. The highest BCUT2D eigenvalue weighted by atomic mass is 79.9. The number of ketones is 4. The Balaban J connectivity index is 0.000000280. The first-order valence-electron chi connectivity index (χ1n) is 26.5. The largest absolute Gasteiger partial charge is 0.456 e. The summed E-state index contributed by atoms with van der Waals surface area (Å²) in [6, 6.07) is 52.1. The number of sulfonamides is 2. The smallest absolute Gasteiger partial charge is 0.324 e. The minimum atomic E-state index is -3.80. The maximum absolute atomic E-state index is 13.5. The molecule has 0 unspecified atom stereocenters. The fraction of sp³-hybridized carbons (Fsp3) is 0.219. The van der Waals surface area contributed by atoms with Gasteiger partial charge in [-0.3, -0.25) is 28.8 Å². The lowest BCUT2D eigenvalue weighted by molar-refractivity contribution is -0.147. The van der Waals surface area contributed by atoms with Crippen molar-refractivity contribution in [1.82, 2.24) is 8.61 Å². The van der Waals surface area contributed by atoms with Crippen LogP contribution in [0.15, 0.2) is 182 Å². The van der Waals surface area contributed by atoms with Crippen LogP contribution in [0.3, 0.4) is 0 Å². The normalized spacial score (nSPS) is 15.6. The summed E-state index contributed by atoms with van der Waals surface area (Å²) in [6.07, 6.45) is 1.61. The minimum Gasteiger partial charge on any atom is -0.456 e. The quantitative estimate of drug-likeness (QED) is 0.0398. The molecule has 2 atom stereocenters. The molecular formula is C64H56Br2N2O12S2. The van der Waals surface area contributed by atoms with Crippen molar-refractivity contribution in [3.05, 3.63) is 215 Å². The number of ether oxygens (including phenoxy) is 2. The molecule has 0 saturated carbocycles. The van der Waals surface area contributed by atoms with Gasteiger partial charge in [-0.05, 0) is 80.6 Å². The number of halogens is 2. The summed E-state index contributed by atoms with van der Waals surface area (Å²) in [6.45, 7) is -0.713. The lowest BCUT2D eigenvalue weighted by atomic mass is 9.93. The maximum Gasteiger partial charge on any atom is 0.324 e. The Labute approximate surface area is 492 Å². The molecule has 0 spiro atoms. The number of benzene rings is 8. The van der Waals surface area contributed by atoms with Gasteiger partial charge in [-0.15, -0.1) is 0 Å². The molecule has 0 aromatic heterocycles.